The van der Waals surface area contributed by atoms with Crippen LogP contribution in [0.4, 0.5) is 0 Å². The second kappa shape index (κ2) is 6.83. The van der Waals surface area contributed by atoms with Gasteiger partial charge in [0.05, 0.1) is 6.61 Å². The molecular formula is C12H24O3. The molecule has 0 saturated heterocycles. The lowest BCUT2D eigenvalue weighted by Crippen LogP contribution is -2.23. The summed E-state index contributed by atoms with van der Waals surface area (Å²) in [6.45, 7) is 8.65. The number of ether oxygens (including phenoxy) is 1. The first-order valence-corrected chi connectivity index (χ1v) is 5.67. The monoisotopic (exact) mass is 216 g/mol. The Morgan fingerprint density at radius 1 is 1.47 bits per heavy atom. The average Bonchev–Trinajstić information content (AvgIpc) is 2.15. The molecule has 0 spiro atoms. The molecule has 0 bridgehead atoms. The summed E-state index contributed by atoms with van der Waals surface area (Å²) < 4.78 is 5.11. The van der Waals surface area contributed by atoms with Crippen LogP contribution in [0.5, 0.6) is 0 Å². The summed E-state index contributed by atoms with van der Waals surface area (Å²) in [5.41, 5.74) is -0.0867. The predicted molar refractivity (Wildman–Crippen MR) is 60.5 cm³/mol. The zero-order chi connectivity index (χ0) is 11.9. The number of hydrogen-bond donors (Lipinski definition) is 1. The van der Waals surface area contributed by atoms with E-state index in [2.05, 4.69) is 0 Å². The van der Waals surface area contributed by atoms with E-state index in [1.165, 1.54) is 0 Å². The van der Waals surface area contributed by atoms with Crippen molar-refractivity contribution in [2.75, 3.05) is 13.2 Å². The molecule has 0 aliphatic heterocycles. The summed E-state index contributed by atoms with van der Waals surface area (Å²) in [6.07, 6.45) is 2.19. The van der Waals surface area contributed by atoms with Gasteiger partial charge in [-0.05, 0) is 24.2 Å². The average molecular weight is 216 g/mol. The second-order valence-corrected chi connectivity index (χ2v) is 5.06. The van der Waals surface area contributed by atoms with Crippen LogP contribution in [0.1, 0.15) is 47.0 Å². The van der Waals surface area contributed by atoms with Crippen molar-refractivity contribution in [1.29, 1.82) is 0 Å². The Kier molecular flexibility index (Phi) is 6.57. The van der Waals surface area contributed by atoms with Crippen LogP contribution in [-0.2, 0) is 9.53 Å². The molecule has 0 aliphatic carbocycles. The van der Waals surface area contributed by atoms with Gasteiger partial charge >= 0.3 is 5.97 Å². The van der Waals surface area contributed by atoms with Gasteiger partial charge in [0.25, 0.3) is 0 Å². The number of aliphatic hydroxyl groups excluding tert-OH is 1. The number of rotatable bonds is 7. The van der Waals surface area contributed by atoms with E-state index in [4.69, 9.17) is 9.84 Å². The molecule has 0 aromatic heterocycles. The second-order valence-electron chi connectivity index (χ2n) is 5.06. The molecule has 0 aliphatic rings. The summed E-state index contributed by atoms with van der Waals surface area (Å²) in [4.78, 5) is 11.1. The maximum absolute atomic E-state index is 11.1. The van der Waals surface area contributed by atoms with E-state index < -0.39 is 0 Å². The molecular weight excluding hydrogens is 192 g/mol. The van der Waals surface area contributed by atoms with Gasteiger partial charge in [0.2, 0.25) is 0 Å². The van der Waals surface area contributed by atoms with Crippen molar-refractivity contribution in [3.8, 4) is 0 Å². The van der Waals surface area contributed by atoms with Crippen LogP contribution in [0.15, 0.2) is 0 Å². The summed E-state index contributed by atoms with van der Waals surface area (Å²) in [5, 5.41) is 9.10. The van der Waals surface area contributed by atoms with Crippen LogP contribution in [0.25, 0.3) is 0 Å². The Balaban J connectivity index is 3.75. The van der Waals surface area contributed by atoms with Gasteiger partial charge in [-0.2, -0.15) is 0 Å². The fourth-order valence-electron chi connectivity index (χ4n) is 1.58. The molecule has 0 aromatic carbocycles. The first-order chi connectivity index (χ1) is 6.91. The molecule has 3 nitrogen and oxygen atoms in total. The third kappa shape index (κ3) is 7.37. The van der Waals surface area contributed by atoms with Gasteiger partial charge < -0.3 is 9.84 Å². The SMILES string of the molecule is CCCC(=O)OCC(C)CC(C)(C)CO. The summed E-state index contributed by atoms with van der Waals surface area (Å²) >= 11 is 0. The fraction of sp³-hybridized carbons (Fsp3) is 0.917. The minimum Gasteiger partial charge on any atom is -0.465 e. The van der Waals surface area contributed by atoms with E-state index in [0.29, 0.717) is 18.9 Å². The van der Waals surface area contributed by atoms with Crippen LogP contribution in [0.2, 0.25) is 0 Å². The van der Waals surface area contributed by atoms with Crippen LogP contribution in [0.3, 0.4) is 0 Å². The van der Waals surface area contributed by atoms with Crippen LogP contribution >= 0.6 is 0 Å². The maximum Gasteiger partial charge on any atom is 0.305 e. The molecule has 0 heterocycles. The van der Waals surface area contributed by atoms with E-state index in [9.17, 15) is 4.79 Å². The zero-order valence-electron chi connectivity index (χ0n) is 10.4. The Morgan fingerprint density at radius 3 is 2.53 bits per heavy atom. The van der Waals surface area contributed by atoms with Gasteiger partial charge in [-0.15, -0.1) is 0 Å². The van der Waals surface area contributed by atoms with E-state index in [-0.39, 0.29) is 18.0 Å². The third-order valence-corrected chi connectivity index (χ3v) is 2.31. The van der Waals surface area contributed by atoms with Crippen molar-refractivity contribution in [3.05, 3.63) is 0 Å². The molecule has 15 heavy (non-hydrogen) atoms. The van der Waals surface area contributed by atoms with E-state index in [1.807, 2.05) is 27.7 Å². The molecule has 0 radical (unpaired) electrons. The summed E-state index contributed by atoms with van der Waals surface area (Å²) in [5.74, 6) is 0.180. The quantitative estimate of drug-likeness (QED) is 0.665. The zero-order valence-corrected chi connectivity index (χ0v) is 10.4. The smallest absolute Gasteiger partial charge is 0.305 e. The Labute approximate surface area is 92.8 Å². The van der Waals surface area contributed by atoms with Crippen molar-refractivity contribution in [2.45, 2.75) is 47.0 Å². The molecule has 0 saturated carbocycles. The van der Waals surface area contributed by atoms with Gasteiger partial charge in [-0.1, -0.05) is 27.7 Å². The predicted octanol–water partition coefficient (Wildman–Crippen LogP) is 2.37. The highest BCUT2D eigenvalue weighted by Crippen LogP contribution is 2.24. The standard InChI is InChI=1S/C12H24O3/c1-5-6-11(14)15-8-10(2)7-12(3,4)9-13/h10,13H,5-9H2,1-4H3. The largest absolute Gasteiger partial charge is 0.465 e. The molecule has 0 rings (SSSR count). The summed E-state index contributed by atoms with van der Waals surface area (Å²) in [7, 11) is 0. The molecule has 1 atom stereocenters. The molecule has 90 valence electrons. The number of aliphatic hydroxyl groups is 1. The molecule has 0 amide bonds. The molecule has 1 unspecified atom stereocenters. The van der Waals surface area contributed by atoms with Gasteiger partial charge in [-0.3, -0.25) is 4.79 Å². The molecule has 0 aromatic rings. The van der Waals surface area contributed by atoms with Crippen molar-refractivity contribution in [3.63, 3.8) is 0 Å². The lowest BCUT2D eigenvalue weighted by atomic mass is 9.84. The highest BCUT2D eigenvalue weighted by Gasteiger charge is 2.20. The van der Waals surface area contributed by atoms with E-state index in [0.717, 1.165) is 12.8 Å². The highest BCUT2D eigenvalue weighted by molar-refractivity contribution is 5.69. The third-order valence-electron chi connectivity index (χ3n) is 2.31. The number of carbonyl (C=O) groups excluding carboxylic acids is 1. The minimum absolute atomic E-state index is 0.0867. The Morgan fingerprint density at radius 2 is 2.07 bits per heavy atom. The van der Waals surface area contributed by atoms with E-state index >= 15 is 0 Å². The van der Waals surface area contributed by atoms with Crippen LogP contribution in [0, 0.1) is 11.3 Å². The Hall–Kier alpha value is -0.570. The molecule has 3 heteroatoms. The van der Waals surface area contributed by atoms with E-state index in [1.54, 1.807) is 0 Å². The molecule has 0 fully saturated rings. The Bertz CT molecular complexity index is 187. The fourth-order valence-corrected chi connectivity index (χ4v) is 1.58. The van der Waals surface area contributed by atoms with Gasteiger partial charge in [0, 0.05) is 13.0 Å². The van der Waals surface area contributed by atoms with Crippen LogP contribution in [-0.4, -0.2) is 24.3 Å². The van der Waals surface area contributed by atoms with Crippen molar-refractivity contribution < 1.29 is 14.6 Å². The minimum atomic E-state index is -0.119. The number of esters is 1. The number of carbonyl (C=O) groups is 1. The van der Waals surface area contributed by atoms with Crippen molar-refractivity contribution in [2.24, 2.45) is 11.3 Å². The highest BCUT2D eigenvalue weighted by atomic mass is 16.5. The van der Waals surface area contributed by atoms with Gasteiger partial charge in [0.15, 0.2) is 0 Å². The topological polar surface area (TPSA) is 46.5 Å². The van der Waals surface area contributed by atoms with Gasteiger partial charge in [0.1, 0.15) is 0 Å². The first kappa shape index (κ1) is 14.4. The lowest BCUT2D eigenvalue weighted by Gasteiger charge is -2.25. The van der Waals surface area contributed by atoms with Gasteiger partial charge in [-0.25, -0.2) is 0 Å². The first-order valence-electron chi connectivity index (χ1n) is 5.67. The van der Waals surface area contributed by atoms with Crippen LogP contribution < -0.4 is 0 Å². The number of hydrogen-bond acceptors (Lipinski definition) is 3. The van der Waals surface area contributed by atoms with Crippen molar-refractivity contribution in [1.82, 2.24) is 0 Å². The lowest BCUT2D eigenvalue weighted by molar-refractivity contribution is -0.145. The summed E-state index contributed by atoms with van der Waals surface area (Å²) in [6, 6.07) is 0. The maximum atomic E-state index is 11.1. The normalized spacial score (nSPS) is 13.7. The molecule has 1 N–H and O–H groups in total. The van der Waals surface area contributed by atoms with Crippen molar-refractivity contribution >= 4 is 5.97 Å².